The van der Waals surface area contributed by atoms with Crippen molar-refractivity contribution >= 4 is 28.5 Å². The van der Waals surface area contributed by atoms with Gasteiger partial charge < -0.3 is 19.8 Å². The Morgan fingerprint density at radius 2 is 2.08 bits per heavy atom. The number of benzene rings is 2. The Labute approximate surface area is 217 Å². The number of fused-ring (bicyclic) bond motifs is 1. The molecular weight excluding hydrogens is 476 g/mol. The first-order chi connectivity index (χ1) is 17.4. The molecule has 6 nitrogen and oxygen atoms in total. The molecule has 2 N–H and O–H groups in total. The quantitative estimate of drug-likeness (QED) is 0.319. The number of aliphatic carboxylic acids is 1. The van der Waals surface area contributed by atoms with Crippen molar-refractivity contribution < 1.29 is 19.7 Å². The number of aliphatic hydroxyl groups is 1. The van der Waals surface area contributed by atoms with Crippen LogP contribution in [0.2, 0.25) is 5.02 Å². The lowest BCUT2D eigenvalue weighted by atomic mass is 9.81. The zero-order valence-electron chi connectivity index (χ0n) is 20.8. The van der Waals surface area contributed by atoms with Gasteiger partial charge in [-0.25, -0.2) is 0 Å². The number of rotatable bonds is 11. The van der Waals surface area contributed by atoms with Crippen LogP contribution in [0.4, 0.5) is 0 Å². The number of hydrogen-bond acceptors (Lipinski definition) is 5. The molecule has 0 radical (unpaired) electrons. The predicted molar refractivity (Wildman–Crippen MR) is 143 cm³/mol. The number of carboxylic acid groups (broad SMARTS) is 1. The number of pyridine rings is 1. The molecule has 4 rings (SSSR count). The number of nitrogens with zero attached hydrogens (tertiary/aromatic N) is 2. The number of carboxylic acids is 1. The summed E-state index contributed by atoms with van der Waals surface area (Å²) in [6.07, 6.45) is 6.12. The summed E-state index contributed by atoms with van der Waals surface area (Å²) in [6, 6.07) is 15.4. The Balaban J connectivity index is 1.29. The van der Waals surface area contributed by atoms with E-state index in [0.29, 0.717) is 19.4 Å². The smallest absolute Gasteiger partial charge is 0.308 e. The number of aromatic nitrogens is 1. The van der Waals surface area contributed by atoms with Crippen LogP contribution in [0.1, 0.15) is 49.3 Å². The van der Waals surface area contributed by atoms with E-state index in [1.54, 1.807) is 13.3 Å². The first-order valence-electron chi connectivity index (χ1n) is 12.7. The number of unbranched alkanes of at least 4 members (excludes halogenated alkanes) is 1. The van der Waals surface area contributed by atoms with Crippen molar-refractivity contribution in [3.63, 3.8) is 0 Å². The van der Waals surface area contributed by atoms with E-state index in [0.717, 1.165) is 66.0 Å². The van der Waals surface area contributed by atoms with Crippen LogP contribution < -0.4 is 4.74 Å². The first-order valence-corrected chi connectivity index (χ1v) is 13.1. The van der Waals surface area contributed by atoms with Gasteiger partial charge >= 0.3 is 5.97 Å². The van der Waals surface area contributed by atoms with E-state index in [9.17, 15) is 15.0 Å². The fraction of sp³-hybridized carbons (Fsp3) is 0.448. The molecule has 1 saturated heterocycles. The molecule has 1 aliphatic rings. The van der Waals surface area contributed by atoms with Gasteiger partial charge in [0.05, 0.1) is 24.6 Å². The van der Waals surface area contributed by atoms with E-state index in [-0.39, 0.29) is 5.92 Å². The van der Waals surface area contributed by atoms with Crippen LogP contribution >= 0.6 is 11.6 Å². The molecule has 1 aliphatic heterocycles. The van der Waals surface area contributed by atoms with Crippen molar-refractivity contribution in [2.75, 3.05) is 26.7 Å². The molecule has 0 bridgehead atoms. The molecule has 7 heteroatoms. The summed E-state index contributed by atoms with van der Waals surface area (Å²) in [5.41, 5.74) is 2.85. The average Bonchev–Trinajstić information content (AvgIpc) is 2.89. The van der Waals surface area contributed by atoms with Gasteiger partial charge in [0.15, 0.2) is 0 Å². The maximum atomic E-state index is 12.1. The van der Waals surface area contributed by atoms with Crippen molar-refractivity contribution in [1.29, 1.82) is 0 Å². The molecule has 0 saturated carbocycles. The van der Waals surface area contributed by atoms with Gasteiger partial charge in [0.1, 0.15) is 5.75 Å². The minimum Gasteiger partial charge on any atom is -0.497 e. The third-order valence-corrected chi connectivity index (χ3v) is 7.62. The van der Waals surface area contributed by atoms with Crippen LogP contribution in [0.15, 0.2) is 54.7 Å². The van der Waals surface area contributed by atoms with E-state index < -0.39 is 18.0 Å². The van der Waals surface area contributed by atoms with Gasteiger partial charge in [0.2, 0.25) is 0 Å². The molecule has 2 heterocycles. The summed E-state index contributed by atoms with van der Waals surface area (Å²) in [7, 11) is 1.62. The van der Waals surface area contributed by atoms with E-state index in [1.165, 1.54) is 5.56 Å². The molecule has 3 aromatic rings. The largest absolute Gasteiger partial charge is 0.497 e. The third-order valence-electron chi connectivity index (χ3n) is 7.39. The zero-order chi connectivity index (χ0) is 25.5. The van der Waals surface area contributed by atoms with E-state index in [4.69, 9.17) is 16.3 Å². The molecule has 2 aromatic carbocycles. The van der Waals surface area contributed by atoms with Crippen molar-refractivity contribution in [3.8, 4) is 5.75 Å². The Bertz CT molecular complexity index is 1170. The number of halogens is 1. The minimum absolute atomic E-state index is 0.0579. The van der Waals surface area contributed by atoms with Gasteiger partial charge in [-0.3, -0.25) is 9.78 Å². The minimum atomic E-state index is -0.739. The predicted octanol–water partition coefficient (Wildman–Crippen LogP) is 5.76. The highest BCUT2D eigenvalue weighted by Gasteiger charge is 2.34. The van der Waals surface area contributed by atoms with Gasteiger partial charge in [0.25, 0.3) is 0 Å². The van der Waals surface area contributed by atoms with Crippen LogP contribution in [0.25, 0.3) is 10.9 Å². The van der Waals surface area contributed by atoms with Gasteiger partial charge in [0, 0.05) is 23.2 Å². The number of aryl methyl sites for hydroxylation is 1. The molecule has 0 amide bonds. The van der Waals surface area contributed by atoms with Gasteiger partial charge in [-0.1, -0.05) is 23.7 Å². The zero-order valence-corrected chi connectivity index (χ0v) is 21.5. The maximum Gasteiger partial charge on any atom is 0.308 e. The highest BCUT2D eigenvalue weighted by molar-refractivity contribution is 6.30. The summed E-state index contributed by atoms with van der Waals surface area (Å²) in [5.74, 6) is -0.372. The Morgan fingerprint density at radius 1 is 1.22 bits per heavy atom. The van der Waals surface area contributed by atoms with Gasteiger partial charge in [-0.2, -0.15) is 0 Å². The number of aliphatic hydroxyl groups excluding tert-OH is 1. The topological polar surface area (TPSA) is 82.9 Å². The molecule has 0 aliphatic carbocycles. The second kappa shape index (κ2) is 12.5. The average molecular weight is 511 g/mol. The van der Waals surface area contributed by atoms with Crippen LogP contribution in [0, 0.1) is 11.8 Å². The number of methoxy groups -OCH3 is 1. The normalized spacial score (nSPS) is 19.3. The number of hydrogen-bond donors (Lipinski definition) is 2. The maximum absolute atomic E-state index is 12.1. The lowest BCUT2D eigenvalue weighted by molar-refractivity contribution is -0.146. The summed E-state index contributed by atoms with van der Waals surface area (Å²) >= 11 is 6.07. The van der Waals surface area contributed by atoms with Crippen molar-refractivity contribution in [2.45, 2.75) is 44.6 Å². The second-order valence-electron chi connectivity index (χ2n) is 9.76. The number of piperidine rings is 1. The van der Waals surface area contributed by atoms with Gasteiger partial charge in [-0.15, -0.1) is 0 Å². The number of likely N-dealkylation sites (tertiary alicyclic amines) is 1. The van der Waals surface area contributed by atoms with Crippen molar-refractivity contribution in [1.82, 2.24) is 9.88 Å². The van der Waals surface area contributed by atoms with Crippen LogP contribution in [-0.2, 0) is 11.2 Å². The molecule has 0 unspecified atom stereocenters. The van der Waals surface area contributed by atoms with Crippen LogP contribution in [0.5, 0.6) is 5.75 Å². The van der Waals surface area contributed by atoms with Crippen LogP contribution in [-0.4, -0.2) is 52.8 Å². The fourth-order valence-electron chi connectivity index (χ4n) is 5.35. The lowest BCUT2D eigenvalue weighted by Crippen LogP contribution is -2.44. The van der Waals surface area contributed by atoms with Gasteiger partial charge in [-0.05, 0) is 105 Å². The van der Waals surface area contributed by atoms with Crippen molar-refractivity contribution in [3.05, 3.63) is 70.9 Å². The second-order valence-corrected chi connectivity index (χ2v) is 10.2. The summed E-state index contributed by atoms with van der Waals surface area (Å²) in [5, 5.41) is 22.6. The summed E-state index contributed by atoms with van der Waals surface area (Å²) in [4.78, 5) is 18.8. The molecule has 3 atom stereocenters. The number of ether oxygens (including phenoxy) is 1. The molecule has 1 aromatic heterocycles. The fourth-order valence-corrected chi connectivity index (χ4v) is 5.56. The molecule has 1 fully saturated rings. The molecule has 0 spiro atoms. The Morgan fingerprint density at radius 3 is 2.86 bits per heavy atom. The lowest BCUT2D eigenvalue weighted by Gasteiger charge is -2.37. The molecular formula is C29H35ClN2O4. The SMILES string of the molecule is COc1ccc2nccc([C@H](O)CC[C@@H]3CCN(CCCCc4cccc(Cl)c4)C[C@@H]3C(=O)O)c2c1. The standard InChI is InChI=1S/C29H35ClN2O4/c1-36-23-9-10-27-25(18-23)24(12-14-31-27)28(33)11-8-21-13-16-32(19-26(21)29(34)35)15-3-2-5-20-6-4-7-22(30)17-20/h4,6-7,9-10,12,14,17-18,21,26,28,33H,2-3,5,8,11,13,15-16,19H2,1H3,(H,34,35)/t21-,26+,28-/m1/s1. The van der Waals surface area contributed by atoms with E-state index >= 15 is 0 Å². The molecule has 192 valence electrons. The summed E-state index contributed by atoms with van der Waals surface area (Å²) in [6.45, 7) is 2.38. The Kier molecular flexibility index (Phi) is 9.19. The van der Waals surface area contributed by atoms with E-state index in [1.807, 2.05) is 42.5 Å². The third kappa shape index (κ3) is 6.75. The number of carbonyl (C=O) groups is 1. The summed E-state index contributed by atoms with van der Waals surface area (Å²) < 4.78 is 5.34. The monoisotopic (exact) mass is 510 g/mol. The highest BCUT2D eigenvalue weighted by Crippen LogP contribution is 2.34. The Hall–Kier alpha value is -2.67. The molecule has 36 heavy (non-hydrogen) atoms. The highest BCUT2D eigenvalue weighted by atomic mass is 35.5. The van der Waals surface area contributed by atoms with Crippen LogP contribution in [0.3, 0.4) is 0 Å². The van der Waals surface area contributed by atoms with E-state index in [2.05, 4.69) is 16.0 Å². The van der Waals surface area contributed by atoms with Crippen molar-refractivity contribution in [2.24, 2.45) is 11.8 Å². The first kappa shape index (κ1) is 26.4.